The number of H-pyrrole nitrogens is 1. The second-order valence-electron chi connectivity index (χ2n) is 12.4. The van der Waals surface area contributed by atoms with E-state index in [0.29, 0.717) is 52.0 Å². The lowest BCUT2D eigenvalue weighted by Crippen LogP contribution is -2.45. The summed E-state index contributed by atoms with van der Waals surface area (Å²) < 4.78 is 12.6. The number of pyridine rings is 1. The van der Waals surface area contributed by atoms with Crippen LogP contribution in [0.15, 0.2) is 88.4 Å². The fourth-order valence-corrected chi connectivity index (χ4v) is 8.33. The molecule has 1 aliphatic rings. The number of aromatic amines is 1. The highest BCUT2D eigenvalue weighted by molar-refractivity contribution is 7.12. The molecule has 1 fully saturated rings. The van der Waals surface area contributed by atoms with Gasteiger partial charge >= 0.3 is 5.97 Å². The van der Waals surface area contributed by atoms with Gasteiger partial charge in [0, 0.05) is 37.1 Å². The molecular formula is C37H42FN3O7S2. The zero-order chi connectivity index (χ0) is 34.4. The van der Waals surface area contributed by atoms with Gasteiger partial charge in [-0.25, -0.2) is 4.79 Å². The van der Waals surface area contributed by atoms with Gasteiger partial charge in [-0.3, -0.25) is 9.50 Å². The molecule has 5 aromatic rings. The number of aliphatic hydroxyl groups excluding tert-OH is 1. The number of hydrogen-bond acceptors (Lipinski definition) is 10. The summed E-state index contributed by atoms with van der Waals surface area (Å²) in [4.78, 5) is 30.7. The lowest BCUT2D eigenvalue weighted by atomic mass is 9.90. The Hall–Kier alpha value is -4.11. The summed E-state index contributed by atoms with van der Waals surface area (Å²) in [7, 11) is 2.11. The van der Waals surface area contributed by atoms with Crippen LogP contribution >= 0.6 is 22.7 Å². The lowest BCUT2D eigenvalue weighted by Gasteiger charge is -2.38. The Balaban J connectivity index is 0.00000486. The summed E-state index contributed by atoms with van der Waals surface area (Å²) in [6, 6.07) is 21.8. The van der Waals surface area contributed by atoms with E-state index in [9.17, 15) is 24.9 Å². The van der Waals surface area contributed by atoms with E-state index in [-0.39, 0.29) is 22.1 Å². The molecule has 10 nitrogen and oxygen atoms in total. The van der Waals surface area contributed by atoms with Gasteiger partial charge < -0.3 is 40.0 Å². The van der Waals surface area contributed by atoms with Crippen LogP contribution in [0.1, 0.15) is 52.7 Å². The number of aliphatic hydroxyl groups is 1. The molecule has 0 unspecified atom stereocenters. The molecule has 1 aliphatic carbocycles. The molecular weight excluding hydrogens is 682 g/mol. The van der Waals surface area contributed by atoms with Crippen molar-refractivity contribution < 1.29 is 34.3 Å². The van der Waals surface area contributed by atoms with Crippen LogP contribution in [0.25, 0.3) is 10.9 Å². The predicted molar refractivity (Wildman–Crippen MR) is 194 cm³/mol. The summed E-state index contributed by atoms with van der Waals surface area (Å²) >= 11 is 2.83. The van der Waals surface area contributed by atoms with Crippen molar-refractivity contribution in [1.82, 2.24) is 15.2 Å². The Bertz CT molecular complexity index is 1840. The van der Waals surface area contributed by atoms with Crippen molar-refractivity contribution in [1.29, 1.82) is 0 Å². The monoisotopic (exact) mass is 723 g/mol. The maximum atomic E-state index is 12.7. The van der Waals surface area contributed by atoms with E-state index in [4.69, 9.17) is 9.47 Å². The Morgan fingerprint density at radius 2 is 1.68 bits per heavy atom. The normalized spacial score (nSPS) is 17.0. The summed E-state index contributed by atoms with van der Waals surface area (Å²) in [6.07, 6.45) is 2.46. The summed E-state index contributed by atoms with van der Waals surface area (Å²) in [6.45, 7) is 2.15. The Kier molecular flexibility index (Phi) is 12.4. The molecule has 6 rings (SSSR count). The van der Waals surface area contributed by atoms with Crippen LogP contribution in [0.4, 0.5) is 4.70 Å². The van der Waals surface area contributed by atoms with Gasteiger partial charge in [-0.2, -0.15) is 0 Å². The number of likely N-dealkylation sites (N-methyl/N-ethyl adjacent to an activating group) is 1. The van der Waals surface area contributed by atoms with E-state index in [1.807, 2.05) is 59.3 Å². The number of aromatic hydroxyl groups is 1. The largest absolute Gasteiger partial charge is 0.506 e. The molecule has 5 N–H and O–H groups in total. The van der Waals surface area contributed by atoms with Gasteiger partial charge in [-0.1, -0.05) is 30.3 Å². The van der Waals surface area contributed by atoms with Gasteiger partial charge in [0.15, 0.2) is 0 Å². The fourth-order valence-electron chi connectivity index (χ4n) is 6.52. The molecule has 266 valence electrons. The van der Waals surface area contributed by atoms with Gasteiger partial charge in [-0.05, 0) is 91.0 Å². The molecule has 1 atom stereocenters. The van der Waals surface area contributed by atoms with Crippen LogP contribution in [0.2, 0.25) is 0 Å². The number of carbonyl (C=O) groups is 1. The number of halogens is 1. The Labute approximate surface area is 297 Å². The number of hydrogen-bond donors (Lipinski definition) is 5. The van der Waals surface area contributed by atoms with Crippen LogP contribution in [0.5, 0.6) is 11.5 Å². The molecule has 3 heterocycles. The highest BCUT2D eigenvalue weighted by atomic mass is 32.1. The Morgan fingerprint density at radius 3 is 2.30 bits per heavy atom. The van der Waals surface area contributed by atoms with Crippen molar-refractivity contribution in [2.45, 2.75) is 56.1 Å². The van der Waals surface area contributed by atoms with E-state index in [1.165, 1.54) is 34.8 Å². The zero-order valence-electron chi connectivity index (χ0n) is 27.6. The first-order chi connectivity index (χ1) is 23.7. The molecule has 0 radical (unpaired) electrons. The van der Waals surface area contributed by atoms with E-state index < -0.39 is 17.7 Å². The maximum absolute atomic E-state index is 12.7. The standard InChI is InChI=1S/C37H41N3O7S2.FH/c1-40(25-8-12-27(13-9-25)47-37(36(44)45,32-4-2-20-48-32)33-5-3-21-49-33)18-19-46-26-10-6-24(7-11-26)22-38-23-31(42)28-14-16-30(41)35-29(28)15-17-34(43)39-35;/h2-7,10-11,14-17,20-21,25,27,31,38,41-42H,8-9,12-13,18-19,22-23H2,1H3,(H,39,43)(H,44,45);1H/t25-,27-,31-;/m0./s1. The van der Waals surface area contributed by atoms with Gasteiger partial charge in [0.1, 0.15) is 18.1 Å². The van der Waals surface area contributed by atoms with Gasteiger partial charge in [-0.15, -0.1) is 22.7 Å². The molecule has 1 saturated carbocycles. The number of carboxylic acids is 1. The number of aliphatic carboxylic acids is 1. The topological polar surface area (TPSA) is 144 Å². The third kappa shape index (κ3) is 8.26. The third-order valence-corrected chi connectivity index (χ3v) is 11.2. The van der Waals surface area contributed by atoms with Crippen molar-refractivity contribution in [3.8, 4) is 11.5 Å². The number of benzene rings is 2. The van der Waals surface area contributed by atoms with E-state index in [1.54, 1.807) is 12.1 Å². The van der Waals surface area contributed by atoms with E-state index in [0.717, 1.165) is 43.5 Å². The van der Waals surface area contributed by atoms with Crippen LogP contribution in [0, 0.1) is 0 Å². The van der Waals surface area contributed by atoms with Crippen molar-refractivity contribution in [2.75, 3.05) is 26.7 Å². The average molecular weight is 724 g/mol. The van der Waals surface area contributed by atoms with E-state index >= 15 is 0 Å². The van der Waals surface area contributed by atoms with Crippen molar-refractivity contribution in [2.24, 2.45) is 0 Å². The molecule has 50 heavy (non-hydrogen) atoms. The van der Waals surface area contributed by atoms with Crippen LogP contribution in [-0.4, -0.2) is 70.1 Å². The number of phenolic OH excluding ortho intramolecular Hbond substituents is 1. The smallest absolute Gasteiger partial charge is 0.347 e. The van der Waals surface area contributed by atoms with Crippen LogP contribution in [0.3, 0.4) is 0 Å². The summed E-state index contributed by atoms with van der Waals surface area (Å²) in [5.41, 5.74) is 0.185. The molecule has 0 aliphatic heterocycles. The number of fused-ring (bicyclic) bond motifs is 1. The molecule has 3 aromatic heterocycles. The van der Waals surface area contributed by atoms with Crippen molar-refractivity contribution in [3.05, 3.63) is 115 Å². The highest BCUT2D eigenvalue weighted by Gasteiger charge is 2.48. The summed E-state index contributed by atoms with van der Waals surface area (Å²) in [5.74, 6) is -0.230. The van der Waals surface area contributed by atoms with Gasteiger partial charge in [0.05, 0.1) is 27.5 Å². The first-order valence-corrected chi connectivity index (χ1v) is 18.2. The number of rotatable bonds is 15. The number of carboxylic acid groups (broad SMARTS) is 1. The Morgan fingerprint density at radius 1 is 1.00 bits per heavy atom. The minimum absolute atomic E-state index is 0. The molecule has 2 aromatic carbocycles. The van der Waals surface area contributed by atoms with Gasteiger partial charge in [0.2, 0.25) is 11.2 Å². The second kappa shape index (κ2) is 16.7. The maximum Gasteiger partial charge on any atom is 0.347 e. The number of nitrogens with zero attached hydrogens (tertiary/aromatic N) is 1. The third-order valence-electron chi connectivity index (χ3n) is 9.22. The number of aromatic nitrogens is 1. The first kappa shape index (κ1) is 37.2. The lowest BCUT2D eigenvalue weighted by molar-refractivity contribution is -0.170. The molecule has 0 saturated heterocycles. The minimum atomic E-state index is -1.47. The molecule has 0 spiro atoms. The van der Waals surface area contributed by atoms with Gasteiger partial charge in [0.25, 0.3) is 0 Å². The van der Waals surface area contributed by atoms with Crippen LogP contribution < -0.4 is 15.6 Å². The van der Waals surface area contributed by atoms with Crippen molar-refractivity contribution >= 4 is 39.5 Å². The molecule has 13 heteroatoms. The number of phenols is 1. The first-order valence-electron chi connectivity index (χ1n) is 16.4. The zero-order valence-corrected chi connectivity index (χ0v) is 29.3. The van der Waals surface area contributed by atoms with E-state index in [2.05, 4.69) is 22.2 Å². The highest BCUT2D eigenvalue weighted by Crippen LogP contribution is 2.42. The average Bonchev–Trinajstić information content (AvgIpc) is 3.85. The number of thiophene rings is 2. The minimum Gasteiger partial charge on any atom is -0.506 e. The number of nitrogens with one attached hydrogen (secondary N) is 2. The molecule has 0 amide bonds. The van der Waals surface area contributed by atoms with Crippen molar-refractivity contribution in [3.63, 3.8) is 0 Å². The predicted octanol–water partition coefficient (Wildman–Crippen LogP) is 6.00. The summed E-state index contributed by atoms with van der Waals surface area (Å²) in [5, 5.41) is 39.0. The quantitative estimate of drug-likeness (QED) is 0.0879. The second-order valence-corrected chi connectivity index (χ2v) is 14.3. The number of ether oxygens (including phenoxy) is 2. The van der Waals surface area contributed by atoms with Crippen LogP contribution in [-0.2, 0) is 21.7 Å². The SMILES string of the molecule is CN(CCOc1ccc(CNC[C@H](O)c2ccc(O)c3[nH]c(=O)ccc23)cc1)[C@H]1CC[C@H](OC(C(=O)O)(c2cccs2)c2cccs2)CC1.F. The molecule has 0 bridgehead atoms. The fraction of sp³-hybridized carbons (Fsp3) is 0.351.